The number of hydrogen-bond acceptors (Lipinski definition) is 6. The van der Waals surface area contributed by atoms with Gasteiger partial charge in [-0.05, 0) is 0 Å². The van der Waals surface area contributed by atoms with Crippen LogP contribution in [0.5, 0.6) is 0 Å². The summed E-state index contributed by atoms with van der Waals surface area (Å²) < 4.78 is 11.8. The van der Waals surface area contributed by atoms with Crippen LogP contribution in [0.25, 0.3) is 5.65 Å². The summed E-state index contributed by atoms with van der Waals surface area (Å²) >= 11 is 6.08. The number of carbonyl (C=O) groups is 1. The lowest BCUT2D eigenvalue weighted by molar-refractivity contribution is -0.139. The van der Waals surface area contributed by atoms with Crippen molar-refractivity contribution in [2.45, 2.75) is 6.42 Å². The van der Waals surface area contributed by atoms with E-state index in [-0.39, 0.29) is 12.4 Å². The molecule has 0 N–H and O–H groups in total. The second-order valence-electron chi connectivity index (χ2n) is 4.70. The van der Waals surface area contributed by atoms with E-state index >= 15 is 0 Å². The number of esters is 1. The molecule has 3 rings (SSSR count). The van der Waals surface area contributed by atoms with Crippen molar-refractivity contribution in [3.8, 4) is 0 Å². The quantitative estimate of drug-likeness (QED) is 0.786. The van der Waals surface area contributed by atoms with E-state index in [2.05, 4.69) is 19.6 Å². The minimum Gasteiger partial charge on any atom is -0.469 e. The fraction of sp³-hybridized carbons (Fsp3) is 0.462. The third kappa shape index (κ3) is 2.93. The lowest BCUT2D eigenvalue weighted by Crippen LogP contribution is -2.37. The van der Waals surface area contributed by atoms with Gasteiger partial charge in [-0.1, -0.05) is 11.6 Å². The highest BCUT2D eigenvalue weighted by molar-refractivity contribution is 6.29. The van der Waals surface area contributed by atoms with Gasteiger partial charge < -0.3 is 18.8 Å². The zero-order valence-electron chi connectivity index (χ0n) is 11.6. The Morgan fingerprint density at radius 2 is 2.14 bits per heavy atom. The van der Waals surface area contributed by atoms with Crippen LogP contribution in [0.15, 0.2) is 12.4 Å². The van der Waals surface area contributed by atoms with Gasteiger partial charge in [0.1, 0.15) is 5.15 Å². The molecule has 0 saturated carbocycles. The van der Waals surface area contributed by atoms with Crippen molar-refractivity contribution in [1.29, 1.82) is 0 Å². The van der Waals surface area contributed by atoms with Crippen molar-refractivity contribution in [1.82, 2.24) is 14.4 Å². The van der Waals surface area contributed by atoms with E-state index in [1.807, 2.05) is 0 Å². The average Bonchev–Trinajstić information content (AvgIpc) is 2.89. The van der Waals surface area contributed by atoms with Gasteiger partial charge in [-0.2, -0.15) is 0 Å². The molecule has 2 aromatic heterocycles. The smallest absolute Gasteiger partial charge is 0.311 e. The summed E-state index contributed by atoms with van der Waals surface area (Å²) in [5.74, 6) is 0.382. The molecular weight excluding hydrogens is 296 g/mol. The Morgan fingerprint density at radius 3 is 2.86 bits per heavy atom. The predicted octanol–water partition coefficient (Wildman–Crippen LogP) is 0.935. The fourth-order valence-electron chi connectivity index (χ4n) is 2.30. The molecule has 0 atom stereocenters. The highest BCUT2D eigenvalue weighted by Crippen LogP contribution is 2.23. The second kappa shape index (κ2) is 5.87. The molecule has 0 unspecified atom stereocenters. The first-order chi connectivity index (χ1) is 10.2. The zero-order chi connectivity index (χ0) is 14.8. The summed E-state index contributed by atoms with van der Waals surface area (Å²) in [5, 5.41) is 0.381. The highest BCUT2D eigenvalue weighted by atomic mass is 35.5. The Hall–Kier alpha value is -1.86. The standard InChI is InChI=1S/C13H15ClN4O3/c1-20-11(19)6-9-7-18-8-10(14)16-13(12(18)15-9)17-2-4-21-5-3-17/h7-8H,2-6H2,1H3. The van der Waals surface area contributed by atoms with E-state index in [1.165, 1.54) is 7.11 Å². The molecule has 1 fully saturated rings. The average molecular weight is 311 g/mol. The van der Waals surface area contributed by atoms with Gasteiger partial charge in [0.2, 0.25) is 0 Å². The van der Waals surface area contributed by atoms with Crippen molar-refractivity contribution in [2.75, 3.05) is 38.3 Å². The maximum atomic E-state index is 11.4. The number of morpholine rings is 1. The van der Waals surface area contributed by atoms with E-state index in [9.17, 15) is 4.79 Å². The first-order valence-corrected chi connectivity index (χ1v) is 6.99. The van der Waals surface area contributed by atoms with E-state index in [4.69, 9.17) is 16.3 Å². The summed E-state index contributed by atoms with van der Waals surface area (Å²) in [6.45, 7) is 2.77. The molecule has 0 aliphatic carbocycles. The number of imidazole rings is 1. The van der Waals surface area contributed by atoms with E-state index < -0.39 is 0 Å². The minimum atomic E-state index is -0.328. The SMILES string of the molecule is COC(=O)Cc1cn2cc(Cl)nc(N3CCOCC3)c2n1. The number of halogens is 1. The van der Waals surface area contributed by atoms with Crippen LogP contribution in [-0.2, 0) is 20.7 Å². The van der Waals surface area contributed by atoms with Crippen LogP contribution in [0.3, 0.4) is 0 Å². The molecule has 2 aromatic rings. The first-order valence-electron chi connectivity index (χ1n) is 6.61. The Bertz CT molecular complexity index is 667. The second-order valence-corrected chi connectivity index (χ2v) is 5.09. The number of hydrogen-bond donors (Lipinski definition) is 0. The number of carbonyl (C=O) groups excluding carboxylic acids is 1. The third-order valence-corrected chi connectivity index (χ3v) is 3.49. The third-order valence-electron chi connectivity index (χ3n) is 3.30. The molecule has 7 nitrogen and oxygen atoms in total. The van der Waals surface area contributed by atoms with E-state index in [0.717, 1.165) is 13.1 Å². The van der Waals surface area contributed by atoms with Gasteiger partial charge in [0.15, 0.2) is 11.5 Å². The van der Waals surface area contributed by atoms with Crippen molar-refractivity contribution in [3.05, 3.63) is 23.2 Å². The van der Waals surface area contributed by atoms with Crippen molar-refractivity contribution in [2.24, 2.45) is 0 Å². The molecule has 112 valence electrons. The Balaban J connectivity index is 2.00. The number of ether oxygens (including phenoxy) is 2. The minimum absolute atomic E-state index is 0.123. The number of fused-ring (bicyclic) bond motifs is 1. The maximum absolute atomic E-state index is 11.4. The highest BCUT2D eigenvalue weighted by Gasteiger charge is 2.19. The number of aromatic nitrogens is 3. The first kappa shape index (κ1) is 14.1. The summed E-state index contributed by atoms with van der Waals surface area (Å²) in [6, 6.07) is 0. The van der Waals surface area contributed by atoms with E-state index in [0.29, 0.717) is 35.5 Å². The molecule has 0 radical (unpaired) electrons. The Labute approximate surface area is 126 Å². The van der Waals surface area contributed by atoms with Crippen molar-refractivity contribution in [3.63, 3.8) is 0 Å². The normalized spacial score (nSPS) is 15.4. The van der Waals surface area contributed by atoms with Crippen LogP contribution in [-0.4, -0.2) is 53.8 Å². The van der Waals surface area contributed by atoms with Crippen LogP contribution >= 0.6 is 11.6 Å². The fourth-order valence-corrected chi connectivity index (χ4v) is 2.48. The van der Waals surface area contributed by atoms with Gasteiger partial charge in [-0.3, -0.25) is 4.79 Å². The molecule has 3 heterocycles. The Morgan fingerprint density at radius 1 is 1.38 bits per heavy atom. The zero-order valence-corrected chi connectivity index (χ0v) is 12.3. The summed E-state index contributed by atoms with van der Waals surface area (Å²) in [6.07, 6.45) is 3.57. The number of rotatable bonds is 3. The number of nitrogens with zero attached hydrogens (tertiary/aromatic N) is 4. The Kier molecular flexibility index (Phi) is 3.94. The van der Waals surface area contributed by atoms with Gasteiger partial charge in [0.25, 0.3) is 0 Å². The monoisotopic (exact) mass is 310 g/mol. The van der Waals surface area contributed by atoms with Gasteiger partial charge >= 0.3 is 5.97 Å². The molecular formula is C13H15ClN4O3. The molecule has 0 amide bonds. The van der Waals surface area contributed by atoms with Gasteiger partial charge in [-0.15, -0.1) is 0 Å². The lowest BCUT2D eigenvalue weighted by atomic mass is 10.3. The maximum Gasteiger partial charge on any atom is 0.311 e. The molecule has 1 aliphatic heterocycles. The topological polar surface area (TPSA) is 69.0 Å². The summed E-state index contributed by atoms with van der Waals surface area (Å²) in [4.78, 5) is 22.3. The van der Waals surface area contributed by atoms with Crippen LogP contribution in [0, 0.1) is 0 Å². The van der Waals surface area contributed by atoms with Crippen molar-refractivity contribution < 1.29 is 14.3 Å². The molecule has 8 heteroatoms. The number of methoxy groups -OCH3 is 1. The molecule has 0 bridgehead atoms. The van der Waals surface area contributed by atoms with Crippen molar-refractivity contribution >= 4 is 29.0 Å². The van der Waals surface area contributed by atoms with Crippen LogP contribution in [0.2, 0.25) is 5.15 Å². The van der Waals surface area contributed by atoms with Gasteiger partial charge in [0, 0.05) is 25.5 Å². The van der Waals surface area contributed by atoms with Crippen LogP contribution in [0.1, 0.15) is 5.69 Å². The van der Waals surface area contributed by atoms with Gasteiger partial charge in [0.05, 0.1) is 32.4 Å². The predicted molar refractivity (Wildman–Crippen MR) is 76.7 cm³/mol. The van der Waals surface area contributed by atoms with Crippen LogP contribution in [0.4, 0.5) is 5.82 Å². The molecule has 0 aromatic carbocycles. The summed E-state index contributed by atoms with van der Waals surface area (Å²) in [5.41, 5.74) is 1.31. The van der Waals surface area contributed by atoms with Crippen LogP contribution < -0.4 is 4.90 Å². The number of anilines is 1. The molecule has 0 spiro atoms. The molecule has 1 aliphatic rings. The van der Waals surface area contributed by atoms with Gasteiger partial charge in [-0.25, -0.2) is 9.97 Å². The van der Waals surface area contributed by atoms with E-state index in [1.54, 1.807) is 16.8 Å². The largest absolute Gasteiger partial charge is 0.469 e. The lowest BCUT2D eigenvalue weighted by Gasteiger charge is -2.27. The molecule has 1 saturated heterocycles. The molecule has 21 heavy (non-hydrogen) atoms. The summed E-state index contributed by atoms with van der Waals surface area (Å²) in [7, 11) is 1.36.